The summed E-state index contributed by atoms with van der Waals surface area (Å²) in [6.07, 6.45) is 3.27. The van der Waals surface area contributed by atoms with E-state index in [0.29, 0.717) is 17.1 Å². The van der Waals surface area contributed by atoms with E-state index in [0.717, 1.165) is 25.9 Å². The molecule has 2 rings (SSSR count). The van der Waals surface area contributed by atoms with Gasteiger partial charge in [-0.1, -0.05) is 6.07 Å². The molecule has 126 valence electrons. The van der Waals surface area contributed by atoms with Crippen LogP contribution in [0.1, 0.15) is 18.4 Å². The van der Waals surface area contributed by atoms with Crippen LogP contribution in [0.2, 0.25) is 0 Å². The standard InChI is InChI=1S/C17H18N2O5/c1-23-15-9-12(8-13(10-18)17(21)22)4-5-14(15)24-11-16(20)19-6-2-3-7-19/h4-5,8-9H,2-3,6-7,11H2,1H3,(H,21,22)/b13-8+. The number of carbonyl (C=O) groups excluding carboxylic acids is 1. The number of hydrogen-bond donors (Lipinski definition) is 1. The Labute approximate surface area is 139 Å². The normalized spacial score (nSPS) is 14.2. The fraction of sp³-hybridized carbons (Fsp3) is 0.353. The molecule has 1 amide bonds. The third-order valence-electron chi connectivity index (χ3n) is 3.66. The number of nitriles is 1. The Morgan fingerprint density at radius 3 is 2.62 bits per heavy atom. The molecule has 1 saturated heterocycles. The van der Waals surface area contributed by atoms with Crippen molar-refractivity contribution in [1.29, 1.82) is 5.26 Å². The molecular formula is C17H18N2O5. The van der Waals surface area contributed by atoms with Gasteiger partial charge in [-0.2, -0.15) is 5.26 Å². The first kappa shape index (κ1) is 17.3. The molecule has 1 aromatic rings. The van der Waals surface area contributed by atoms with Crippen LogP contribution >= 0.6 is 0 Å². The van der Waals surface area contributed by atoms with Crippen LogP contribution in [0.25, 0.3) is 6.08 Å². The van der Waals surface area contributed by atoms with E-state index in [2.05, 4.69) is 0 Å². The maximum atomic E-state index is 12.0. The molecule has 0 aromatic heterocycles. The molecule has 7 heteroatoms. The van der Waals surface area contributed by atoms with E-state index in [-0.39, 0.29) is 18.1 Å². The van der Waals surface area contributed by atoms with Crippen molar-refractivity contribution in [3.63, 3.8) is 0 Å². The third kappa shape index (κ3) is 4.26. The Morgan fingerprint density at radius 1 is 1.33 bits per heavy atom. The lowest BCUT2D eigenvalue weighted by Gasteiger charge is -2.16. The number of amides is 1. The fourth-order valence-corrected chi connectivity index (χ4v) is 2.40. The number of nitrogens with zero attached hydrogens (tertiary/aromatic N) is 2. The minimum Gasteiger partial charge on any atom is -0.493 e. The van der Waals surface area contributed by atoms with E-state index in [9.17, 15) is 9.59 Å². The van der Waals surface area contributed by atoms with Crippen molar-refractivity contribution >= 4 is 18.0 Å². The summed E-state index contributed by atoms with van der Waals surface area (Å²) in [6, 6.07) is 6.34. The van der Waals surface area contributed by atoms with Crippen molar-refractivity contribution in [2.24, 2.45) is 0 Å². The fourth-order valence-electron chi connectivity index (χ4n) is 2.40. The van der Waals surface area contributed by atoms with Gasteiger partial charge >= 0.3 is 5.97 Å². The van der Waals surface area contributed by atoms with Gasteiger partial charge in [-0.3, -0.25) is 4.79 Å². The molecule has 0 aliphatic carbocycles. The van der Waals surface area contributed by atoms with Crippen LogP contribution in [0.15, 0.2) is 23.8 Å². The molecule has 24 heavy (non-hydrogen) atoms. The van der Waals surface area contributed by atoms with Crippen molar-refractivity contribution in [2.75, 3.05) is 26.8 Å². The average Bonchev–Trinajstić information content (AvgIpc) is 3.12. The number of hydrogen-bond acceptors (Lipinski definition) is 5. The molecular weight excluding hydrogens is 312 g/mol. The minimum absolute atomic E-state index is 0.0730. The van der Waals surface area contributed by atoms with Gasteiger partial charge in [0.25, 0.3) is 5.91 Å². The lowest BCUT2D eigenvalue weighted by atomic mass is 10.1. The SMILES string of the molecule is COc1cc(/C=C(\C#N)C(=O)O)ccc1OCC(=O)N1CCCC1. The van der Waals surface area contributed by atoms with E-state index in [1.165, 1.54) is 13.2 Å². The van der Waals surface area contributed by atoms with E-state index in [1.54, 1.807) is 29.2 Å². The van der Waals surface area contributed by atoms with Crippen LogP contribution in [0, 0.1) is 11.3 Å². The first-order valence-electron chi connectivity index (χ1n) is 7.49. The summed E-state index contributed by atoms with van der Waals surface area (Å²) < 4.78 is 10.7. The van der Waals surface area contributed by atoms with Crippen LogP contribution in [0.4, 0.5) is 0 Å². The van der Waals surface area contributed by atoms with Crippen molar-refractivity contribution < 1.29 is 24.2 Å². The van der Waals surface area contributed by atoms with Crippen molar-refractivity contribution in [2.45, 2.75) is 12.8 Å². The minimum atomic E-state index is -1.30. The van der Waals surface area contributed by atoms with E-state index < -0.39 is 5.97 Å². The third-order valence-corrected chi connectivity index (χ3v) is 3.66. The van der Waals surface area contributed by atoms with Gasteiger partial charge in [0, 0.05) is 13.1 Å². The number of aliphatic carboxylic acids is 1. The summed E-state index contributed by atoms with van der Waals surface area (Å²) in [6.45, 7) is 1.44. The first-order chi connectivity index (χ1) is 11.5. The molecule has 1 aliphatic rings. The molecule has 7 nitrogen and oxygen atoms in total. The van der Waals surface area contributed by atoms with Gasteiger partial charge in [0.15, 0.2) is 18.1 Å². The number of benzene rings is 1. The molecule has 1 N–H and O–H groups in total. The smallest absolute Gasteiger partial charge is 0.346 e. The zero-order valence-electron chi connectivity index (χ0n) is 13.3. The number of carboxylic acid groups (broad SMARTS) is 1. The molecule has 0 saturated carbocycles. The monoisotopic (exact) mass is 330 g/mol. The van der Waals surface area contributed by atoms with Gasteiger partial charge in [-0.05, 0) is 36.6 Å². The van der Waals surface area contributed by atoms with Crippen LogP contribution in [-0.4, -0.2) is 48.7 Å². The number of likely N-dealkylation sites (tertiary alicyclic amines) is 1. The summed E-state index contributed by atoms with van der Waals surface area (Å²) in [5.41, 5.74) is 0.110. The van der Waals surface area contributed by atoms with Gasteiger partial charge in [0.2, 0.25) is 0 Å². The van der Waals surface area contributed by atoms with Crippen LogP contribution in [-0.2, 0) is 9.59 Å². The summed E-state index contributed by atoms with van der Waals surface area (Å²) in [5, 5.41) is 17.7. The van der Waals surface area contributed by atoms with Crippen molar-refractivity contribution in [1.82, 2.24) is 4.90 Å². The van der Waals surface area contributed by atoms with E-state index in [4.69, 9.17) is 19.8 Å². The Hall–Kier alpha value is -3.01. The molecule has 0 unspecified atom stereocenters. The lowest BCUT2D eigenvalue weighted by molar-refractivity contribution is -0.133. The molecule has 1 aliphatic heterocycles. The number of carboxylic acids is 1. The zero-order chi connectivity index (χ0) is 17.5. The molecule has 0 spiro atoms. The second-order valence-corrected chi connectivity index (χ2v) is 5.26. The Kier molecular flexibility index (Phi) is 5.79. The topological polar surface area (TPSA) is 99.9 Å². The van der Waals surface area contributed by atoms with E-state index in [1.807, 2.05) is 0 Å². The van der Waals surface area contributed by atoms with Gasteiger partial charge in [-0.15, -0.1) is 0 Å². The van der Waals surface area contributed by atoms with Crippen LogP contribution in [0.5, 0.6) is 11.5 Å². The average molecular weight is 330 g/mol. The maximum Gasteiger partial charge on any atom is 0.346 e. The van der Waals surface area contributed by atoms with Crippen molar-refractivity contribution in [3.05, 3.63) is 29.3 Å². The first-order valence-corrected chi connectivity index (χ1v) is 7.49. The number of methoxy groups -OCH3 is 1. The molecule has 1 aromatic carbocycles. The zero-order valence-corrected chi connectivity index (χ0v) is 13.3. The lowest BCUT2D eigenvalue weighted by Crippen LogP contribution is -2.32. The number of rotatable bonds is 6. The Balaban J connectivity index is 2.10. The summed E-state index contributed by atoms with van der Waals surface area (Å²) in [5.74, 6) is -0.624. The molecule has 0 atom stereocenters. The molecule has 1 heterocycles. The van der Waals surface area contributed by atoms with Gasteiger partial charge in [-0.25, -0.2) is 4.79 Å². The highest BCUT2D eigenvalue weighted by atomic mass is 16.5. The van der Waals surface area contributed by atoms with Crippen molar-refractivity contribution in [3.8, 4) is 17.6 Å². The summed E-state index contributed by atoms with van der Waals surface area (Å²) in [7, 11) is 1.44. The summed E-state index contributed by atoms with van der Waals surface area (Å²) in [4.78, 5) is 24.6. The largest absolute Gasteiger partial charge is 0.493 e. The predicted molar refractivity (Wildman–Crippen MR) is 85.5 cm³/mol. The molecule has 0 radical (unpaired) electrons. The highest BCUT2D eigenvalue weighted by molar-refractivity contribution is 5.96. The molecule has 1 fully saturated rings. The quantitative estimate of drug-likeness (QED) is 0.629. The van der Waals surface area contributed by atoms with Crippen LogP contribution in [0.3, 0.4) is 0 Å². The number of ether oxygens (including phenoxy) is 2. The predicted octanol–water partition coefficient (Wildman–Crippen LogP) is 1.69. The number of carbonyl (C=O) groups is 2. The highest BCUT2D eigenvalue weighted by Gasteiger charge is 2.19. The summed E-state index contributed by atoms with van der Waals surface area (Å²) >= 11 is 0. The van der Waals surface area contributed by atoms with Gasteiger partial charge in [0.1, 0.15) is 11.6 Å². The van der Waals surface area contributed by atoms with Crippen LogP contribution < -0.4 is 9.47 Å². The Bertz CT molecular complexity index is 699. The van der Waals surface area contributed by atoms with E-state index >= 15 is 0 Å². The maximum absolute atomic E-state index is 12.0. The van der Waals surface area contributed by atoms with Gasteiger partial charge in [0.05, 0.1) is 7.11 Å². The second kappa shape index (κ2) is 8.02. The highest BCUT2D eigenvalue weighted by Crippen LogP contribution is 2.29. The second-order valence-electron chi connectivity index (χ2n) is 5.26. The Morgan fingerprint density at radius 2 is 2.04 bits per heavy atom. The molecule has 0 bridgehead atoms. The van der Waals surface area contributed by atoms with Gasteiger partial charge < -0.3 is 19.5 Å².